The Labute approximate surface area is 105 Å². The molecule has 2 heteroatoms. The van der Waals surface area contributed by atoms with Crippen LogP contribution in [0.2, 0.25) is 0 Å². The molecule has 0 saturated carbocycles. The molecule has 2 fully saturated rings. The highest BCUT2D eigenvalue weighted by atomic mass is 15.2. The summed E-state index contributed by atoms with van der Waals surface area (Å²) < 4.78 is 0. The Morgan fingerprint density at radius 3 is 2.00 bits per heavy atom. The molecule has 2 heterocycles. The van der Waals surface area contributed by atoms with E-state index in [0.717, 1.165) is 6.04 Å². The first-order valence-corrected chi connectivity index (χ1v) is 7.26. The summed E-state index contributed by atoms with van der Waals surface area (Å²) >= 11 is 0. The van der Waals surface area contributed by atoms with Gasteiger partial charge in [-0.05, 0) is 38.8 Å². The van der Waals surface area contributed by atoms with E-state index in [1.165, 1.54) is 58.3 Å². The van der Waals surface area contributed by atoms with Gasteiger partial charge in [0.15, 0.2) is 0 Å². The Bertz CT molecular complexity index is 282. The van der Waals surface area contributed by atoms with Gasteiger partial charge in [0.05, 0.1) is 0 Å². The highest BCUT2D eigenvalue weighted by Gasteiger charge is 2.27. The first-order valence-electron chi connectivity index (χ1n) is 7.26. The van der Waals surface area contributed by atoms with Crippen LogP contribution in [0.25, 0.3) is 0 Å². The second kappa shape index (κ2) is 5.36. The lowest BCUT2D eigenvalue weighted by molar-refractivity contribution is 0.0888. The molecule has 0 unspecified atom stereocenters. The second-order valence-electron chi connectivity index (χ2n) is 5.62. The van der Waals surface area contributed by atoms with Gasteiger partial charge in [0.25, 0.3) is 0 Å². The minimum Gasteiger partial charge on any atom is -0.300 e. The minimum absolute atomic E-state index is 0.595. The molecular formula is C15H24N2. The SMILES string of the molecule is C1=CC(N2CCC(N3CCCCC3)CC2)C=C1. The van der Waals surface area contributed by atoms with Crippen LogP contribution in [0.5, 0.6) is 0 Å². The van der Waals surface area contributed by atoms with E-state index in [1.54, 1.807) is 0 Å². The van der Waals surface area contributed by atoms with Crippen LogP contribution < -0.4 is 0 Å². The molecule has 0 atom stereocenters. The average molecular weight is 232 g/mol. The molecule has 0 bridgehead atoms. The number of hydrogen-bond donors (Lipinski definition) is 0. The van der Waals surface area contributed by atoms with Crippen molar-refractivity contribution in [1.82, 2.24) is 9.80 Å². The summed E-state index contributed by atoms with van der Waals surface area (Å²) in [6, 6.07) is 1.47. The van der Waals surface area contributed by atoms with Gasteiger partial charge in [-0.1, -0.05) is 30.7 Å². The van der Waals surface area contributed by atoms with Crippen molar-refractivity contribution in [2.24, 2.45) is 0 Å². The molecule has 0 N–H and O–H groups in total. The molecule has 2 saturated heterocycles. The molecular weight excluding hydrogens is 208 g/mol. The fourth-order valence-corrected chi connectivity index (χ4v) is 3.50. The Balaban J connectivity index is 1.49. The van der Waals surface area contributed by atoms with E-state index < -0.39 is 0 Å². The van der Waals surface area contributed by atoms with Gasteiger partial charge in [-0.3, -0.25) is 4.90 Å². The van der Waals surface area contributed by atoms with Crippen LogP contribution in [-0.4, -0.2) is 48.1 Å². The molecule has 3 rings (SSSR count). The predicted octanol–water partition coefficient (Wildman–Crippen LogP) is 2.43. The second-order valence-corrected chi connectivity index (χ2v) is 5.62. The summed E-state index contributed by atoms with van der Waals surface area (Å²) in [4.78, 5) is 5.38. The Morgan fingerprint density at radius 2 is 1.35 bits per heavy atom. The molecule has 1 aliphatic carbocycles. The normalized spacial score (nSPS) is 29.2. The smallest absolute Gasteiger partial charge is 0.0467 e. The highest BCUT2D eigenvalue weighted by molar-refractivity contribution is 5.21. The third-order valence-electron chi connectivity index (χ3n) is 4.56. The van der Waals surface area contributed by atoms with Crippen LogP contribution in [0.4, 0.5) is 0 Å². The van der Waals surface area contributed by atoms with Crippen molar-refractivity contribution in [3.63, 3.8) is 0 Å². The first kappa shape index (κ1) is 11.5. The van der Waals surface area contributed by atoms with Gasteiger partial charge in [-0.25, -0.2) is 0 Å². The molecule has 2 nitrogen and oxygen atoms in total. The van der Waals surface area contributed by atoms with Gasteiger partial charge < -0.3 is 4.90 Å². The van der Waals surface area contributed by atoms with Crippen molar-refractivity contribution < 1.29 is 0 Å². The fraction of sp³-hybridized carbons (Fsp3) is 0.733. The van der Waals surface area contributed by atoms with Crippen molar-refractivity contribution in [3.8, 4) is 0 Å². The number of nitrogens with zero attached hydrogens (tertiary/aromatic N) is 2. The van der Waals surface area contributed by atoms with Crippen molar-refractivity contribution in [2.45, 2.75) is 44.2 Å². The summed E-state index contributed by atoms with van der Waals surface area (Å²) in [5, 5.41) is 0. The summed E-state index contributed by atoms with van der Waals surface area (Å²) in [6.07, 6.45) is 16.1. The van der Waals surface area contributed by atoms with Crippen molar-refractivity contribution >= 4 is 0 Å². The molecule has 94 valence electrons. The van der Waals surface area contributed by atoms with Gasteiger partial charge >= 0.3 is 0 Å². The maximum atomic E-state index is 2.75. The number of hydrogen-bond acceptors (Lipinski definition) is 2. The van der Waals surface area contributed by atoms with Crippen LogP contribution in [0, 0.1) is 0 Å². The third kappa shape index (κ3) is 2.63. The maximum Gasteiger partial charge on any atom is 0.0467 e. The number of allylic oxidation sites excluding steroid dienone is 2. The monoisotopic (exact) mass is 232 g/mol. The molecule has 0 aromatic rings. The van der Waals surface area contributed by atoms with Crippen LogP contribution in [0.3, 0.4) is 0 Å². The minimum atomic E-state index is 0.595. The summed E-state index contributed by atoms with van der Waals surface area (Å²) in [5.74, 6) is 0. The summed E-state index contributed by atoms with van der Waals surface area (Å²) in [6.45, 7) is 5.27. The Hall–Kier alpha value is -0.600. The van der Waals surface area contributed by atoms with E-state index in [9.17, 15) is 0 Å². The summed E-state index contributed by atoms with van der Waals surface area (Å²) in [5.41, 5.74) is 0. The van der Waals surface area contributed by atoms with E-state index in [-0.39, 0.29) is 0 Å². The number of piperidine rings is 2. The quantitative estimate of drug-likeness (QED) is 0.721. The lowest BCUT2D eigenvalue weighted by atomic mass is 9.99. The van der Waals surface area contributed by atoms with Gasteiger partial charge in [0, 0.05) is 25.2 Å². The van der Waals surface area contributed by atoms with Crippen molar-refractivity contribution in [3.05, 3.63) is 24.3 Å². The zero-order valence-corrected chi connectivity index (χ0v) is 10.7. The van der Waals surface area contributed by atoms with E-state index in [2.05, 4.69) is 34.1 Å². The molecule has 3 aliphatic rings. The Kier molecular flexibility index (Phi) is 3.62. The van der Waals surface area contributed by atoms with Gasteiger partial charge in [-0.15, -0.1) is 0 Å². The van der Waals surface area contributed by atoms with Crippen LogP contribution in [0.15, 0.2) is 24.3 Å². The zero-order chi connectivity index (χ0) is 11.5. The lowest BCUT2D eigenvalue weighted by Gasteiger charge is -2.41. The van der Waals surface area contributed by atoms with Crippen LogP contribution >= 0.6 is 0 Å². The van der Waals surface area contributed by atoms with E-state index in [4.69, 9.17) is 0 Å². The number of likely N-dealkylation sites (tertiary alicyclic amines) is 2. The summed E-state index contributed by atoms with van der Waals surface area (Å²) in [7, 11) is 0. The third-order valence-corrected chi connectivity index (χ3v) is 4.56. The standard InChI is InChI=1S/C15H24N2/c1-4-10-16(11-5-1)15-8-12-17(13-9-15)14-6-2-3-7-14/h2-3,6-7,14-15H,1,4-5,8-13H2. The van der Waals surface area contributed by atoms with Crippen LogP contribution in [-0.2, 0) is 0 Å². The molecule has 0 amide bonds. The maximum absolute atomic E-state index is 2.75. The average Bonchev–Trinajstić information content (AvgIpc) is 2.94. The molecule has 0 spiro atoms. The van der Waals surface area contributed by atoms with Crippen molar-refractivity contribution in [1.29, 1.82) is 0 Å². The van der Waals surface area contributed by atoms with Crippen LogP contribution in [0.1, 0.15) is 32.1 Å². The molecule has 0 aromatic heterocycles. The van der Waals surface area contributed by atoms with E-state index in [0.29, 0.717) is 6.04 Å². The predicted molar refractivity (Wildman–Crippen MR) is 72.1 cm³/mol. The molecule has 0 radical (unpaired) electrons. The van der Waals surface area contributed by atoms with Gasteiger partial charge in [0.2, 0.25) is 0 Å². The Morgan fingerprint density at radius 1 is 0.706 bits per heavy atom. The topological polar surface area (TPSA) is 6.48 Å². The largest absolute Gasteiger partial charge is 0.300 e. The number of rotatable bonds is 2. The van der Waals surface area contributed by atoms with E-state index in [1.807, 2.05) is 0 Å². The van der Waals surface area contributed by atoms with Crippen molar-refractivity contribution in [2.75, 3.05) is 26.2 Å². The molecule has 2 aliphatic heterocycles. The first-order chi connectivity index (χ1) is 8.43. The van der Waals surface area contributed by atoms with Gasteiger partial charge in [0.1, 0.15) is 0 Å². The fourth-order valence-electron chi connectivity index (χ4n) is 3.50. The zero-order valence-electron chi connectivity index (χ0n) is 10.7. The van der Waals surface area contributed by atoms with Gasteiger partial charge in [-0.2, -0.15) is 0 Å². The lowest BCUT2D eigenvalue weighted by Crippen LogP contribution is -2.48. The molecule has 0 aromatic carbocycles. The molecule has 17 heavy (non-hydrogen) atoms. The highest BCUT2D eigenvalue weighted by Crippen LogP contribution is 2.23. The van der Waals surface area contributed by atoms with E-state index >= 15 is 0 Å².